The molecule has 0 bridgehead atoms. The molecule has 3 aromatic rings. The van der Waals surface area contributed by atoms with Gasteiger partial charge in [-0.3, -0.25) is 9.59 Å². The van der Waals surface area contributed by atoms with Gasteiger partial charge in [0.15, 0.2) is 12.1 Å². The molecule has 3 aromatic carbocycles. The van der Waals surface area contributed by atoms with Gasteiger partial charge in [-0.25, -0.2) is 0 Å². The van der Waals surface area contributed by atoms with Crippen LogP contribution in [-0.2, 0) is 0 Å². The van der Waals surface area contributed by atoms with E-state index >= 15 is 0 Å². The van der Waals surface area contributed by atoms with Crippen LogP contribution >= 0.6 is 11.6 Å². The Hall–Kier alpha value is -2.91. The highest BCUT2D eigenvalue weighted by Crippen LogP contribution is 2.42. The molecule has 4 rings (SSSR count). The molecule has 0 aliphatic heterocycles. The zero-order valence-electron chi connectivity index (χ0n) is 13.4. The summed E-state index contributed by atoms with van der Waals surface area (Å²) in [6.45, 7) is 0. The number of aldehydes is 1. The number of carbonyl (C=O) groups excluding carboxylic acids is 2. The second-order valence-electron chi connectivity index (χ2n) is 5.82. The predicted octanol–water partition coefficient (Wildman–Crippen LogP) is 5.19. The summed E-state index contributed by atoms with van der Waals surface area (Å²) in [5.74, 6) is 0.508. The van der Waals surface area contributed by atoms with Crippen LogP contribution in [0, 0.1) is 0 Å². The minimum absolute atomic E-state index is 0.114. The summed E-state index contributed by atoms with van der Waals surface area (Å²) in [7, 11) is 1.58. The normalized spacial score (nSPS) is 12.5. The molecular formula is C21H13ClO3. The first kappa shape index (κ1) is 15.6. The Morgan fingerprint density at radius 1 is 1.00 bits per heavy atom. The number of methoxy groups -OCH3 is 1. The molecule has 0 atom stereocenters. The van der Waals surface area contributed by atoms with Gasteiger partial charge in [0.05, 0.1) is 7.11 Å². The van der Waals surface area contributed by atoms with Crippen LogP contribution in [0.1, 0.15) is 26.3 Å². The van der Waals surface area contributed by atoms with E-state index < -0.39 is 0 Å². The molecule has 0 saturated heterocycles. The molecule has 1 aliphatic carbocycles. The minimum atomic E-state index is -0.114. The van der Waals surface area contributed by atoms with Gasteiger partial charge in [-0.1, -0.05) is 35.9 Å². The molecule has 0 spiro atoms. The second-order valence-corrected chi connectivity index (χ2v) is 6.25. The highest BCUT2D eigenvalue weighted by Gasteiger charge is 2.23. The Labute approximate surface area is 149 Å². The summed E-state index contributed by atoms with van der Waals surface area (Å²) in [5, 5.41) is 2.19. The maximum atomic E-state index is 12.4. The van der Waals surface area contributed by atoms with Crippen molar-refractivity contribution < 1.29 is 14.3 Å². The van der Waals surface area contributed by atoms with Crippen molar-refractivity contribution in [2.45, 2.75) is 0 Å². The van der Waals surface area contributed by atoms with Crippen molar-refractivity contribution in [2.24, 2.45) is 0 Å². The zero-order valence-corrected chi connectivity index (χ0v) is 14.1. The van der Waals surface area contributed by atoms with E-state index in [1.165, 1.54) is 6.08 Å². The van der Waals surface area contributed by atoms with Crippen molar-refractivity contribution >= 4 is 40.5 Å². The average molecular weight is 349 g/mol. The zero-order chi connectivity index (χ0) is 17.6. The lowest BCUT2D eigenvalue weighted by Crippen LogP contribution is -2.06. The SMILES string of the molecule is COc1ccc2c3c(cc(C=O)c(-c4ccc(Cl)cc4)c13)C(=O)C=C2. The quantitative estimate of drug-likeness (QED) is 0.612. The van der Waals surface area contributed by atoms with Crippen LogP contribution in [0.25, 0.3) is 28.0 Å². The van der Waals surface area contributed by atoms with Gasteiger partial charge in [-0.2, -0.15) is 0 Å². The summed E-state index contributed by atoms with van der Waals surface area (Å²) in [4.78, 5) is 24.2. The molecule has 0 radical (unpaired) electrons. The fourth-order valence-electron chi connectivity index (χ4n) is 3.36. The topological polar surface area (TPSA) is 43.4 Å². The van der Waals surface area contributed by atoms with Gasteiger partial charge in [0.25, 0.3) is 0 Å². The molecule has 0 amide bonds. The van der Waals surface area contributed by atoms with Crippen molar-refractivity contribution in [1.29, 1.82) is 0 Å². The fraction of sp³-hybridized carbons (Fsp3) is 0.0476. The molecule has 0 aromatic heterocycles. The number of ether oxygens (including phenoxy) is 1. The van der Waals surface area contributed by atoms with Gasteiger partial charge in [0, 0.05) is 32.5 Å². The number of hydrogen-bond acceptors (Lipinski definition) is 3. The predicted molar refractivity (Wildman–Crippen MR) is 99.7 cm³/mol. The molecule has 0 saturated carbocycles. The summed E-state index contributed by atoms with van der Waals surface area (Å²) in [5.41, 5.74) is 3.48. The fourth-order valence-corrected chi connectivity index (χ4v) is 3.49. The van der Waals surface area contributed by atoms with Crippen molar-refractivity contribution in [2.75, 3.05) is 7.11 Å². The van der Waals surface area contributed by atoms with Gasteiger partial charge < -0.3 is 4.74 Å². The maximum Gasteiger partial charge on any atom is 0.186 e. The van der Waals surface area contributed by atoms with Gasteiger partial charge in [-0.15, -0.1) is 0 Å². The van der Waals surface area contributed by atoms with Crippen molar-refractivity contribution in [3.8, 4) is 16.9 Å². The molecule has 3 nitrogen and oxygen atoms in total. The highest BCUT2D eigenvalue weighted by atomic mass is 35.5. The van der Waals surface area contributed by atoms with Crippen LogP contribution in [-0.4, -0.2) is 19.2 Å². The molecular weight excluding hydrogens is 336 g/mol. The van der Waals surface area contributed by atoms with Crippen LogP contribution < -0.4 is 4.74 Å². The molecule has 0 unspecified atom stereocenters. The van der Waals surface area contributed by atoms with E-state index in [4.69, 9.17) is 16.3 Å². The monoisotopic (exact) mass is 348 g/mol. The molecule has 4 heteroatoms. The molecule has 1 aliphatic rings. The third-order valence-corrected chi connectivity index (χ3v) is 4.72. The van der Waals surface area contributed by atoms with Crippen molar-refractivity contribution in [1.82, 2.24) is 0 Å². The van der Waals surface area contributed by atoms with Crippen molar-refractivity contribution in [3.63, 3.8) is 0 Å². The van der Waals surface area contributed by atoms with Crippen LogP contribution in [0.5, 0.6) is 5.75 Å². The number of rotatable bonds is 3. The summed E-state index contributed by atoms with van der Waals surface area (Å²) in [6, 6.07) is 12.7. The smallest absolute Gasteiger partial charge is 0.186 e. The number of ketones is 1. The minimum Gasteiger partial charge on any atom is -0.496 e. The van der Waals surface area contributed by atoms with E-state index in [2.05, 4.69) is 0 Å². The first-order chi connectivity index (χ1) is 12.1. The van der Waals surface area contributed by atoms with E-state index in [9.17, 15) is 9.59 Å². The first-order valence-corrected chi connectivity index (χ1v) is 8.13. The Kier molecular flexibility index (Phi) is 3.66. The molecule has 0 N–H and O–H groups in total. The Balaban J connectivity index is 2.22. The number of hydrogen-bond donors (Lipinski definition) is 0. The lowest BCUT2D eigenvalue weighted by molar-refractivity contribution is 0.104. The third kappa shape index (κ3) is 2.36. The number of allylic oxidation sites excluding steroid dienone is 1. The molecule has 0 fully saturated rings. The lowest BCUT2D eigenvalue weighted by Gasteiger charge is -2.19. The van der Waals surface area contributed by atoms with Crippen LogP contribution in [0.15, 0.2) is 48.5 Å². The summed E-state index contributed by atoms with van der Waals surface area (Å²) < 4.78 is 5.55. The van der Waals surface area contributed by atoms with Gasteiger partial charge in [0.2, 0.25) is 0 Å². The maximum absolute atomic E-state index is 12.4. The second kappa shape index (κ2) is 5.87. The highest BCUT2D eigenvalue weighted by molar-refractivity contribution is 6.30. The van der Waals surface area contributed by atoms with E-state index in [1.54, 1.807) is 31.4 Å². The van der Waals surface area contributed by atoms with E-state index in [0.717, 1.165) is 33.7 Å². The van der Waals surface area contributed by atoms with Gasteiger partial charge >= 0.3 is 0 Å². The van der Waals surface area contributed by atoms with Crippen LogP contribution in [0.3, 0.4) is 0 Å². The lowest BCUT2D eigenvalue weighted by atomic mass is 9.85. The Bertz CT molecular complexity index is 1060. The van der Waals surface area contributed by atoms with Crippen LogP contribution in [0.2, 0.25) is 5.02 Å². The van der Waals surface area contributed by atoms with Crippen molar-refractivity contribution in [3.05, 3.63) is 70.3 Å². The molecule has 122 valence electrons. The van der Waals surface area contributed by atoms with E-state index in [1.807, 2.05) is 24.3 Å². The molecule has 0 heterocycles. The average Bonchev–Trinajstić information content (AvgIpc) is 2.64. The van der Waals surface area contributed by atoms with E-state index in [0.29, 0.717) is 21.9 Å². The Morgan fingerprint density at radius 2 is 1.76 bits per heavy atom. The van der Waals surface area contributed by atoms with Gasteiger partial charge in [-0.05, 0) is 41.5 Å². The number of carbonyl (C=O) groups is 2. The third-order valence-electron chi connectivity index (χ3n) is 4.47. The standard InChI is InChI=1S/C21H13ClO3/c1-25-18-9-5-13-4-8-17(24)16-10-14(11-23)19(21(18)20(13)16)12-2-6-15(22)7-3-12/h2-11H,1H3. The van der Waals surface area contributed by atoms with Gasteiger partial charge in [0.1, 0.15) is 5.75 Å². The Morgan fingerprint density at radius 3 is 2.44 bits per heavy atom. The largest absolute Gasteiger partial charge is 0.496 e. The molecule has 25 heavy (non-hydrogen) atoms. The summed E-state index contributed by atoms with van der Waals surface area (Å²) in [6.07, 6.45) is 4.10. The number of halogens is 1. The first-order valence-electron chi connectivity index (χ1n) is 7.75. The van der Waals surface area contributed by atoms with Crippen LogP contribution in [0.4, 0.5) is 0 Å². The van der Waals surface area contributed by atoms with E-state index in [-0.39, 0.29) is 5.78 Å². The number of benzene rings is 3. The summed E-state index contributed by atoms with van der Waals surface area (Å²) >= 11 is 6.00.